The van der Waals surface area contributed by atoms with E-state index in [0.717, 1.165) is 6.92 Å². The number of hydrogen-bond acceptors (Lipinski definition) is 5. The molecule has 0 spiro atoms. The van der Waals surface area contributed by atoms with Crippen molar-refractivity contribution in [3.63, 3.8) is 0 Å². The Morgan fingerprint density at radius 2 is 2.00 bits per heavy atom. The lowest BCUT2D eigenvalue weighted by Crippen LogP contribution is -2.41. The molecule has 5 nitrogen and oxygen atoms in total. The van der Waals surface area contributed by atoms with E-state index in [2.05, 4.69) is 4.74 Å². The zero-order valence-electron chi connectivity index (χ0n) is 4.87. The SMILES string of the molecule is CC(=O)OC[Si](O)(O)O. The molecule has 0 aromatic carbocycles. The van der Waals surface area contributed by atoms with Gasteiger partial charge in [0.25, 0.3) is 0 Å². The Kier molecular flexibility index (Phi) is 2.78. The predicted octanol–water partition coefficient (Wildman–Crippen LogP) is -2.00. The van der Waals surface area contributed by atoms with Gasteiger partial charge in [0.15, 0.2) is 6.23 Å². The Morgan fingerprint density at radius 1 is 1.56 bits per heavy atom. The van der Waals surface area contributed by atoms with Gasteiger partial charge in [-0.15, -0.1) is 0 Å². The van der Waals surface area contributed by atoms with Gasteiger partial charge in [0.2, 0.25) is 0 Å². The van der Waals surface area contributed by atoms with Crippen molar-refractivity contribution in [2.75, 3.05) is 6.23 Å². The van der Waals surface area contributed by atoms with Gasteiger partial charge in [0.05, 0.1) is 0 Å². The molecule has 9 heavy (non-hydrogen) atoms. The van der Waals surface area contributed by atoms with E-state index in [-0.39, 0.29) is 0 Å². The fraction of sp³-hybridized carbons (Fsp3) is 0.667. The highest BCUT2D eigenvalue weighted by atomic mass is 28.4. The summed E-state index contributed by atoms with van der Waals surface area (Å²) in [6, 6.07) is 0. The smallest absolute Gasteiger partial charge is 0.461 e. The second-order valence-electron chi connectivity index (χ2n) is 1.55. The molecule has 6 heteroatoms. The van der Waals surface area contributed by atoms with Crippen LogP contribution in [0.1, 0.15) is 6.92 Å². The molecule has 0 amide bonds. The lowest BCUT2D eigenvalue weighted by molar-refractivity contribution is -0.140. The van der Waals surface area contributed by atoms with Gasteiger partial charge >= 0.3 is 14.8 Å². The molecule has 0 bridgehead atoms. The third kappa shape index (κ3) is 7.57. The fourth-order valence-corrected chi connectivity index (χ4v) is 0.595. The highest BCUT2D eigenvalue weighted by Crippen LogP contribution is 1.86. The summed E-state index contributed by atoms with van der Waals surface area (Å²) in [5.74, 6) is -0.649. The van der Waals surface area contributed by atoms with E-state index in [9.17, 15) is 4.79 Å². The molecule has 0 saturated heterocycles. The molecule has 0 aromatic heterocycles. The van der Waals surface area contributed by atoms with Crippen LogP contribution in [0, 0.1) is 0 Å². The molecule has 0 unspecified atom stereocenters. The van der Waals surface area contributed by atoms with Gasteiger partial charge in [-0.3, -0.25) is 4.79 Å². The van der Waals surface area contributed by atoms with Crippen LogP contribution < -0.4 is 0 Å². The molecule has 54 valence electrons. The van der Waals surface area contributed by atoms with Crippen molar-refractivity contribution in [3.05, 3.63) is 0 Å². The topological polar surface area (TPSA) is 87.0 Å². The van der Waals surface area contributed by atoms with Gasteiger partial charge in [-0.25, -0.2) is 0 Å². The van der Waals surface area contributed by atoms with E-state index < -0.39 is 21.0 Å². The number of hydrogen-bond donors (Lipinski definition) is 3. The normalized spacial score (nSPS) is 11.1. The monoisotopic (exact) mass is 152 g/mol. The Labute approximate surface area is 52.9 Å². The van der Waals surface area contributed by atoms with Crippen LogP contribution >= 0.6 is 0 Å². The average Bonchev–Trinajstić information content (AvgIpc) is 1.59. The summed E-state index contributed by atoms with van der Waals surface area (Å²) in [6.07, 6.45) is -0.692. The molecular formula is C3H8O5Si. The van der Waals surface area contributed by atoms with Crippen molar-refractivity contribution in [2.24, 2.45) is 0 Å². The summed E-state index contributed by atoms with van der Waals surface area (Å²) in [4.78, 5) is 34.7. The summed E-state index contributed by atoms with van der Waals surface area (Å²) in [6.45, 7) is 1.11. The predicted molar refractivity (Wildman–Crippen MR) is 29.0 cm³/mol. The minimum absolute atomic E-state index is 0.649. The second-order valence-corrected chi connectivity index (χ2v) is 3.39. The van der Waals surface area contributed by atoms with Crippen LogP contribution in [0.15, 0.2) is 0 Å². The summed E-state index contributed by atoms with van der Waals surface area (Å²) < 4.78 is 4.08. The van der Waals surface area contributed by atoms with Crippen molar-refractivity contribution in [2.45, 2.75) is 6.92 Å². The minimum Gasteiger partial charge on any atom is -0.461 e. The van der Waals surface area contributed by atoms with Gasteiger partial charge in [-0.05, 0) is 0 Å². The second kappa shape index (κ2) is 2.92. The third-order valence-corrected chi connectivity index (χ3v) is 1.00. The van der Waals surface area contributed by atoms with Gasteiger partial charge in [-0.1, -0.05) is 0 Å². The van der Waals surface area contributed by atoms with Crippen LogP contribution in [0.2, 0.25) is 0 Å². The van der Waals surface area contributed by atoms with E-state index in [1.165, 1.54) is 0 Å². The maximum Gasteiger partial charge on any atom is 0.532 e. The minimum atomic E-state index is -4.16. The maximum absolute atomic E-state index is 9.96. The van der Waals surface area contributed by atoms with E-state index in [0.29, 0.717) is 0 Å². The Morgan fingerprint density at radius 3 is 2.11 bits per heavy atom. The Bertz CT molecular complexity index is 105. The van der Waals surface area contributed by atoms with Crippen LogP contribution in [-0.4, -0.2) is 35.4 Å². The summed E-state index contributed by atoms with van der Waals surface area (Å²) in [7, 11) is -4.16. The lowest BCUT2D eigenvalue weighted by atomic mass is 10.8. The van der Waals surface area contributed by atoms with Crippen LogP contribution in [0.25, 0.3) is 0 Å². The lowest BCUT2D eigenvalue weighted by Gasteiger charge is -2.07. The number of carbonyl (C=O) groups is 1. The summed E-state index contributed by atoms with van der Waals surface area (Å²) >= 11 is 0. The van der Waals surface area contributed by atoms with E-state index in [4.69, 9.17) is 14.4 Å². The number of esters is 1. The van der Waals surface area contributed by atoms with Gasteiger partial charge in [0, 0.05) is 6.92 Å². The number of carbonyl (C=O) groups excluding carboxylic acids is 1. The highest BCUT2D eigenvalue weighted by molar-refractivity contribution is 6.56. The largest absolute Gasteiger partial charge is 0.532 e. The molecule has 0 heterocycles. The van der Waals surface area contributed by atoms with Crippen LogP contribution in [0.4, 0.5) is 0 Å². The van der Waals surface area contributed by atoms with Crippen molar-refractivity contribution in [3.8, 4) is 0 Å². The van der Waals surface area contributed by atoms with Crippen molar-refractivity contribution >= 4 is 14.8 Å². The average molecular weight is 152 g/mol. The number of rotatable bonds is 2. The first-order valence-corrected chi connectivity index (χ1v) is 4.27. The first-order valence-electron chi connectivity index (χ1n) is 2.22. The molecule has 0 aliphatic carbocycles. The van der Waals surface area contributed by atoms with Crippen LogP contribution in [-0.2, 0) is 9.53 Å². The van der Waals surface area contributed by atoms with E-state index >= 15 is 0 Å². The fourth-order valence-electron chi connectivity index (χ4n) is 0.198. The third-order valence-electron chi connectivity index (χ3n) is 0.469. The molecule has 3 N–H and O–H groups in total. The van der Waals surface area contributed by atoms with Gasteiger partial charge in [-0.2, -0.15) is 0 Å². The maximum atomic E-state index is 9.96. The molecular weight excluding hydrogens is 144 g/mol. The molecule has 0 atom stereocenters. The van der Waals surface area contributed by atoms with Crippen LogP contribution in [0.3, 0.4) is 0 Å². The first kappa shape index (κ1) is 8.57. The van der Waals surface area contributed by atoms with Crippen molar-refractivity contribution < 1.29 is 23.9 Å². The quantitative estimate of drug-likeness (QED) is 0.315. The highest BCUT2D eigenvalue weighted by Gasteiger charge is 2.28. The molecule has 0 aromatic rings. The van der Waals surface area contributed by atoms with Crippen LogP contribution in [0.5, 0.6) is 0 Å². The molecule has 0 rings (SSSR count). The van der Waals surface area contributed by atoms with Crippen molar-refractivity contribution in [1.82, 2.24) is 0 Å². The van der Waals surface area contributed by atoms with E-state index in [1.807, 2.05) is 0 Å². The van der Waals surface area contributed by atoms with E-state index in [1.54, 1.807) is 0 Å². The van der Waals surface area contributed by atoms with Gasteiger partial charge < -0.3 is 19.1 Å². The van der Waals surface area contributed by atoms with Gasteiger partial charge in [0.1, 0.15) is 0 Å². The first-order chi connectivity index (χ1) is 3.92. The molecule has 0 aliphatic rings. The summed E-state index contributed by atoms with van der Waals surface area (Å²) in [5.41, 5.74) is 0. The standard InChI is InChI=1S/C3H8O5Si/c1-3(4)8-2-9(5,6)7/h5-7H,2H2,1H3. The van der Waals surface area contributed by atoms with Crippen molar-refractivity contribution in [1.29, 1.82) is 0 Å². The zero-order chi connectivity index (χ0) is 7.49. The molecule has 0 radical (unpaired) electrons. The molecule has 0 aliphatic heterocycles. The zero-order valence-corrected chi connectivity index (χ0v) is 5.87. The summed E-state index contributed by atoms with van der Waals surface area (Å²) in [5, 5.41) is 0. The Balaban J connectivity index is 3.39. The molecule has 0 fully saturated rings. The number of ether oxygens (including phenoxy) is 1. The Hall–Kier alpha value is -0.433. The molecule has 0 saturated carbocycles.